The molecule has 0 atom stereocenters. The molecule has 28 rings (SSSR count). The van der Waals surface area contributed by atoms with E-state index in [0.29, 0.717) is 0 Å². The van der Waals surface area contributed by atoms with Crippen LogP contribution in [-0.2, 0) is 0 Å². The molecule has 0 bridgehead atoms. The quantitative estimate of drug-likeness (QED) is 0.0717. The predicted molar refractivity (Wildman–Crippen MR) is 635 cm³/mol. The molecule has 0 unspecified atom stereocenters. The summed E-state index contributed by atoms with van der Waals surface area (Å²) < 4.78 is 7.30. The first-order valence-corrected chi connectivity index (χ1v) is 51.5. The number of hydrogen-bond acceptors (Lipinski definition) is 3. The molecule has 0 saturated carbocycles. The van der Waals surface area contributed by atoms with Crippen LogP contribution in [0.5, 0.6) is 0 Å². The molecule has 28 aromatic rings. The van der Waals surface area contributed by atoms with E-state index in [1.807, 2.05) is 0 Å². The Bertz CT molecular complexity index is 8770. The van der Waals surface area contributed by atoms with E-state index in [-0.39, 0.29) is 0 Å². The van der Waals surface area contributed by atoms with Crippen LogP contribution in [0.1, 0.15) is 0 Å². The van der Waals surface area contributed by atoms with Crippen LogP contribution < -0.4 is 14.7 Å². The van der Waals surface area contributed by atoms with Crippen molar-refractivity contribution in [1.29, 1.82) is 0 Å². The Labute approximate surface area is 870 Å². The molecule has 0 amide bonds. The number of rotatable bonds is 21. The SMILES string of the molecule is c1ccc(-c2ccc3c(c2)c2cc(-c4ccccc4)ccc2n3-c2ccc(-c3ccc(N(c4cc(N(c5ccc(-c6ccc(-n7c8ccc(-c9ccccc9)cc8c8cc(-c9ccccc9)ccc87)cc6)cc5)c5cccc6ccccc56)cc(N(c5ccc(-c6ccc(-n7c8ccc(-c9ccccc9)cc8c8cc(-c9ccccc9)ccc87)cc6)cc5)c5cccc6ccccc56)c4)c4cccc5ccccc45)cc3)cc2)cc1. The fourth-order valence-electron chi connectivity index (χ4n) is 23.0. The Morgan fingerprint density at radius 3 is 0.480 bits per heavy atom. The first-order valence-electron chi connectivity index (χ1n) is 51.5. The van der Waals surface area contributed by atoms with Gasteiger partial charge in [0.1, 0.15) is 0 Å². The molecule has 6 heteroatoms. The number of fused-ring (bicyclic) bond motifs is 12. The zero-order valence-electron chi connectivity index (χ0n) is 82.1. The first kappa shape index (κ1) is 87.8. The molecule has 25 aromatic carbocycles. The van der Waals surface area contributed by atoms with Gasteiger partial charge in [0, 0.05) is 82.6 Å². The highest BCUT2D eigenvalue weighted by Crippen LogP contribution is 2.52. The number of aromatic nitrogens is 3. The summed E-state index contributed by atoms with van der Waals surface area (Å²) in [6.07, 6.45) is 0. The molecule has 0 fully saturated rings. The largest absolute Gasteiger partial charge is 0.310 e. The van der Waals surface area contributed by atoms with Crippen molar-refractivity contribution in [2.24, 2.45) is 0 Å². The topological polar surface area (TPSA) is 24.5 Å². The van der Waals surface area contributed by atoms with Gasteiger partial charge >= 0.3 is 0 Å². The maximum absolute atomic E-state index is 2.49. The van der Waals surface area contributed by atoms with Crippen molar-refractivity contribution in [1.82, 2.24) is 13.7 Å². The Balaban J connectivity index is 0.596. The minimum absolute atomic E-state index is 0.950. The van der Waals surface area contributed by atoms with Crippen LogP contribution in [-0.4, -0.2) is 13.7 Å². The summed E-state index contributed by atoms with van der Waals surface area (Å²) in [6.45, 7) is 0. The van der Waals surface area contributed by atoms with Gasteiger partial charge in [-0.05, 0) is 298 Å². The zero-order chi connectivity index (χ0) is 99.1. The third-order valence-electron chi connectivity index (χ3n) is 30.4. The lowest BCUT2D eigenvalue weighted by molar-refractivity contribution is 1.18. The van der Waals surface area contributed by atoms with Crippen LogP contribution in [0.4, 0.5) is 51.2 Å². The van der Waals surface area contributed by atoms with E-state index in [0.717, 1.165) is 167 Å². The van der Waals surface area contributed by atoms with Gasteiger partial charge < -0.3 is 28.4 Å². The number of benzene rings is 25. The van der Waals surface area contributed by atoms with Crippen LogP contribution in [0.2, 0.25) is 0 Å². The minimum atomic E-state index is 0.950. The maximum atomic E-state index is 2.49. The molecule has 150 heavy (non-hydrogen) atoms. The molecular weight excluding hydrogens is 1810 g/mol. The van der Waals surface area contributed by atoms with E-state index in [2.05, 4.69) is 611 Å². The highest BCUT2D eigenvalue weighted by atomic mass is 15.2. The summed E-state index contributed by atoms with van der Waals surface area (Å²) in [6, 6.07) is 215. The van der Waals surface area contributed by atoms with Crippen LogP contribution in [0.15, 0.2) is 582 Å². The van der Waals surface area contributed by atoms with Gasteiger partial charge in [-0.15, -0.1) is 0 Å². The summed E-state index contributed by atoms with van der Waals surface area (Å²) >= 11 is 0. The van der Waals surface area contributed by atoms with E-state index in [4.69, 9.17) is 0 Å². The van der Waals surface area contributed by atoms with Crippen molar-refractivity contribution in [2.75, 3.05) is 14.7 Å². The van der Waals surface area contributed by atoms with E-state index < -0.39 is 0 Å². The number of anilines is 9. The number of hydrogen-bond donors (Lipinski definition) is 0. The van der Waals surface area contributed by atoms with E-state index >= 15 is 0 Å². The van der Waals surface area contributed by atoms with Crippen LogP contribution >= 0.6 is 0 Å². The number of nitrogens with zero attached hydrogens (tertiary/aromatic N) is 6. The van der Waals surface area contributed by atoms with Crippen molar-refractivity contribution in [3.8, 4) is 117 Å². The third kappa shape index (κ3) is 15.9. The molecule has 0 aliphatic carbocycles. The second-order valence-electron chi connectivity index (χ2n) is 39.1. The van der Waals surface area contributed by atoms with Gasteiger partial charge in [0.05, 0.1) is 67.2 Å². The molecule has 0 N–H and O–H groups in total. The standard InChI is InChI=1S/C144H96N6/c1-7-28-97(29-8-1)112-64-82-139-130(88-112)131-89-113(98-30-9-2-10-31-98)65-83-140(131)148(139)121-76-58-106(59-77-121)103-52-70-118(71-53-103)145(136-49-25-43-109-40-19-22-46-127(109)136)124-94-125(146(137-50-26-44-110-41-20-23-47-128(110)137)119-72-54-104(55-73-119)107-60-78-122(79-61-107)149-141-84-66-114(99-32-11-3-12-33-99)90-132(141)133-91-115(67-85-142(133)149)100-34-13-4-14-35-100)96-126(95-124)147(138-51-27-45-111-42-21-24-48-129(111)138)120-74-56-105(57-75-120)108-62-80-123(81-63-108)150-143-86-68-116(101-36-15-5-16-37-101)92-134(143)135-93-117(69-87-144(135)150)102-38-17-6-18-39-102/h1-96H. The molecule has 0 radical (unpaired) electrons. The maximum Gasteiger partial charge on any atom is 0.0541 e. The van der Waals surface area contributed by atoms with Gasteiger partial charge in [0.15, 0.2) is 0 Å². The van der Waals surface area contributed by atoms with Crippen molar-refractivity contribution in [3.05, 3.63) is 582 Å². The van der Waals surface area contributed by atoms with Crippen molar-refractivity contribution < 1.29 is 0 Å². The Hall–Kier alpha value is -19.9. The summed E-state index contributed by atoms with van der Waals surface area (Å²) in [5.41, 5.74) is 40.0. The van der Waals surface area contributed by atoms with Gasteiger partial charge in [-0.3, -0.25) is 0 Å². The van der Waals surface area contributed by atoms with Gasteiger partial charge in [0.25, 0.3) is 0 Å². The van der Waals surface area contributed by atoms with Crippen LogP contribution in [0, 0.1) is 0 Å². The molecule has 0 aliphatic heterocycles. The van der Waals surface area contributed by atoms with E-state index in [1.165, 1.54) is 99.1 Å². The molecule has 6 nitrogen and oxygen atoms in total. The summed E-state index contributed by atoms with van der Waals surface area (Å²) in [5.74, 6) is 0. The lowest BCUT2D eigenvalue weighted by Gasteiger charge is -2.34. The van der Waals surface area contributed by atoms with Crippen molar-refractivity contribution in [3.63, 3.8) is 0 Å². The highest BCUT2D eigenvalue weighted by molar-refractivity contribution is 6.16. The lowest BCUT2D eigenvalue weighted by atomic mass is 10.0. The summed E-state index contributed by atoms with van der Waals surface area (Å²) in [5, 5.41) is 14.0. The van der Waals surface area contributed by atoms with Gasteiger partial charge in [-0.1, -0.05) is 400 Å². The van der Waals surface area contributed by atoms with Crippen LogP contribution in [0.3, 0.4) is 0 Å². The average molecular weight is 1910 g/mol. The van der Waals surface area contributed by atoms with Crippen LogP contribution in [0.25, 0.3) is 215 Å². The summed E-state index contributed by atoms with van der Waals surface area (Å²) in [4.78, 5) is 7.47. The Kier molecular flexibility index (Phi) is 21.9. The average Bonchev–Trinajstić information content (AvgIpc) is 1.59. The van der Waals surface area contributed by atoms with Crippen molar-refractivity contribution >= 4 is 149 Å². The Morgan fingerprint density at radius 2 is 0.273 bits per heavy atom. The molecule has 0 aliphatic rings. The molecule has 3 heterocycles. The lowest BCUT2D eigenvalue weighted by Crippen LogP contribution is -2.17. The minimum Gasteiger partial charge on any atom is -0.310 e. The normalized spacial score (nSPS) is 11.6. The molecule has 0 spiro atoms. The van der Waals surface area contributed by atoms with Crippen molar-refractivity contribution in [2.45, 2.75) is 0 Å². The second kappa shape index (κ2) is 37.4. The monoisotopic (exact) mass is 1910 g/mol. The molecule has 3 aromatic heterocycles. The zero-order valence-corrected chi connectivity index (χ0v) is 82.1. The smallest absolute Gasteiger partial charge is 0.0541 e. The van der Waals surface area contributed by atoms with Gasteiger partial charge in [-0.25, -0.2) is 0 Å². The molecular formula is C144H96N6. The van der Waals surface area contributed by atoms with Gasteiger partial charge in [0.2, 0.25) is 0 Å². The fraction of sp³-hybridized carbons (Fsp3) is 0. The Morgan fingerprint density at radius 1 is 0.107 bits per heavy atom. The third-order valence-corrected chi connectivity index (χ3v) is 30.4. The molecule has 702 valence electrons. The summed E-state index contributed by atoms with van der Waals surface area (Å²) in [7, 11) is 0. The fourth-order valence-corrected chi connectivity index (χ4v) is 23.0. The van der Waals surface area contributed by atoms with E-state index in [9.17, 15) is 0 Å². The highest BCUT2D eigenvalue weighted by Gasteiger charge is 2.28. The molecule has 0 saturated heterocycles. The predicted octanol–water partition coefficient (Wildman–Crippen LogP) is 39.8. The van der Waals surface area contributed by atoms with Gasteiger partial charge in [-0.2, -0.15) is 0 Å². The second-order valence-corrected chi connectivity index (χ2v) is 39.1. The van der Waals surface area contributed by atoms with E-state index in [1.54, 1.807) is 0 Å². The first-order chi connectivity index (χ1) is 74.3.